The number of hydrogen-bond donors (Lipinski definition) is 0. The number of anilines is 1. The predicted octanol–water partition coefficient (Wildman–Crippen LogP) is 5.43. The van der Waals surface area contributed by atoms with Gasteiger partial charge in [-0.2, -0.15) is 0 Å². The molecule has 0 saturated heterocycles. The van der Waals surface area contributed by atoms with Crippen LogP contribution in [0.3, 0.4) is 0 Å². The number of benzene rings is 2. The van der Waals surface area contributed by atoms with Crippen molar-refractivity contribution >= 4 is 55.8 Å². The number of carbonyl (C=O) groups is 1. The molecule has 0 radical (unpaired) electrons. The molecule has 0 aliphatic carbocycles. The van der Waals surface area contributed by atoms with E-state index >= 15 is 0 Å². The molecule has 0 fully saturated rings. The summed E-state index contributed by atoms with van der Waals surface area (Å²) in [6, 6.07) is 9.11. The highest BCUT2D eigenvalue weighted by Gasteiger charge is 2.23. The van der Waals surface area contributed by atoms with E-state index in [-0.39, 0.29) is 5.91 Å². The van der Waals surface area contributed by atoms with E-state index in [2.05, 4.69) is 26.0 Å². The summed E-state index contributed by atoms with van der Waals surface area (Å²) >= 11 is 13.9. The molecule has 1 heterocycles. The number of halogens is 2. The molecule has 0 aliphatic heterocycles. The van der Waals surface area contributed by atoms with Crippen molar-refractivity contribution < 1.29 is 4.79 Å². The number of aromatic nitrogens is 1. The van der Waals surface area contributed by atoms with Gasteiger partial charge in [-0.1, -0.05) is 34.5 Å². The number of nitrogens with zero attached hydrogens (tertiary/aromatic N) is 3. The molecule has 1 aromatic heterocycles. The lowest BCUT2D eigenvalue weighted by atomic mass is 10.1. The second-order valence-corrected chi connectivity index (χ2v) is 8.64. The lowest BCUT2D eigenvalue weighted by Crippen LogP contribution is -2.36. The maximum absolute atomic E-state index is 13.3. The van der Waals surface area contributed by atoms with E-state index < -0.39 is 0 Å². The fraction of sp³-hybridized carbons (Fsp3) is 0.300. The number of amides is 1. The van der Waals surface area contributed by atoms with Crippen LogP contribution in [0.15, 0.2) is 30.3 Å². The van der Waals surface area contributed by atoms with Gasteiger partial charge in [0.25, 0.3) is 5.91 Å². The molecule has 3 rings (SSSR count). The van der Waals surface area contributed by atoms with Crippen molar-refractivity contribution in [2.24, 2.45) is 0 Å². The third kappa shape index (κ3) is 4.43. The predicted molar refractivity (Wildman–Crippen MR) is 116 cm³/mol. The summed E-state index contributed by atoms with van der Waals surface area (Å²) in [5, 5.41) is 1.52. The monoisotopic (exact) mass is 421 g/mol. The Morgan fingerprint density at radius 2 is 1.78 bits per heavy atom. The van der Waals surface area contributed by atoms with Crippen LogP contribution in [0.1, 0.15) is 21.5 Å². The third-order valence-electron chi connectivity index (χ3n) is 4.40. The number of aryl methyl sites for hydroxylation is 2. The van der Waals surface area contributed by atoms with E-state index in [1.807, 2.05) is 19.0 Å². The molecule has 0 aliphatic rings. The molecular weight excluding hydrogens is 401 g/mol. The van der Waals surface area contributed by atoms with Crippen LogP contribution in [0.5, 0.6) is 0 Å². The first-order chi connectivity index (χ1) is 12.8. The smallest absolute Gasteiger partial charge is 0.261 e. The maximum atomic E-state index is 13.3. The standard InChI is InChI=1S/C20H21Cl2N3OS/c1-12-9-17-18(10-13(12)2)27-20(23-17)25(8-7-24(3)4)19(26)15-11-14(21)5-6-16(15)22/h5-6,9-11H,7-8H2,1-4H3. The molecule has 0 N–H and O–H groups in total. The Morgan fingerprint density at radius 1 is 1.07 bits per heavy atom. The van der Waals surface area contributed by atoms with E-state index in [4.69, 9.17) is 28.2 Å². The largest absolute Gasteiger partial charge is 0.308 e. The van der Waals surface area contributed by atoms with Gasteiger partial charge in [-0.25, -0.2) is 4.98 Å². The molecule has 4 nitrogen and oxygen atoms in total. The fourth-order valence-electron chi connectivity index (χ4n) is 2.67. The first kappa shape index (κ1) is 20.1. The minimum Gasteiger partial charge on any atom is -0.308 e. The Balaban J connectivity index is 2.05. The number of hydrogen-bond acceptors (Lipinski definition) is 4. The molecule has 142 valence electrons. The molecule has 2 aromatic carbocycles. The molecule has 27 heavy (non-hydrogen) atoms. The van der Waals surface area contributed by atoms with Crippen molar-refractivity contribution in [3.05, 3.63) is 57.1 Å². The van der Waals surface area contributed by atoms with Crippen molar-refractivity contribution in [3.8, 4) is 0 Å². The molecule has 0 spiro atoms. The molecule has 0 unspecified atom stereocenters. The molecule has 0 saturated carbocycles. The lowest BCUT2D eigenvalue weighted by molar-refractivity contribution is 0.0985. The average molecular weight is 422 g/mol. The van der Waals surface area contributed by atoms with Gasteiger partial charge in [0.1, 0.15) is 0 Å². The second-order valence-electron chi connectivity index (χ2n) is 6.78. The summed E-state index contributed by atoms with van der Waals surface area (Å²) in [5.74, 6) is -0.197. The molecule has 1 amide bonds. The Labute approximate surface area is 173 Å². The van der Waals surface area contributed by atoms with Crippen LogP contribution < -0.4 is 4.90 Å². The molecular formula is C20H21Cl2N3OS. The molecule has 0 bridgehead atoms. The zero-order valence-electron chi connectivity index (χ0n) is 15.7. The summed E-state index contributed by atoms with van der Waals surface area (Å²) in [4.78, 5) is 21.7. The Kier molecular flexibility index (Phi) is 6.06. The highest BCUT2D eigenvalue weighted by atomic mass is 35.5. The van der Waals surface area contributed by atoms with Crippen molar-refractivity contribution in [1.82, 2.24) is 9.88 Å². The summed E-state index contributed by atoms with van der Waals surface area (Å²) in [6.07, 6.45) is 0. The van der Waals surface area contributed by atoms with Crippen LogP contribution in [0, 0.1) is 13.8 Å². The quantitative estimate of drug-likeness (QED) is 0.550. The van der Waals surface area contributed by atoms with Gasteiger partial charge in [0.05, 0.1) is 20.8 Å². The number of likely N-dealkylation sites (N-methyl/N-ethyl adjacent to an activating group) is 1. The van der Waals surface area contributed by atoms with Crippen LogP contribution in [0.4, 0.5) is 5.13 Å². The fourth-order valence-corrected chi connectivity index (χ4v) is 4.11. The highest BCUT2D eigenvalue weighted by Crippen LogP contribution is 2.32. The van der Waals surface area contributed by atoms with Gasteiger partial charge in [-0.3, -0.25) is 9.69 Å². The van der Waals surface area contributed by atoms with Gasteiger partial charge < -0.3 is 4.90 Å². The Hall–Kier alpha value is -1.66. The van der Waals surface area contributed by atoms with Gasteiger partial charge in [0.15, 0.2) is 5.13 Å². The van der Waals surface area contributed by atoms with Gasteiger partial charge in [-0.15, -0.1) is 0 Å². The van der Waals surface area contributed by atoms with Crippen LogP contribution in [-0.2, 0) is 0 Å². The maximum Gasteiger partial charge on any atom is 0.261 e. The van der Waals surface area contributed by atoms with Gasteiger partial charge in [0.2, 0.25) is 0 Å². The number of fused-ring (bicyclic) bond motifs is 1. The van der Waals surface area contributed by atoms with E-state index in [0.29, 0.717) is 33.8 Å². The lowest BCUT2D eigenvalue weighted by Gasteiger charge is -2.22. The number of rotatable bonds is 5. The highest BCUT2D eigenvalue weighted by molar-refractivity contribution is 7.22. The third-order valence-corrected chi connectivity index (χ3v) is 6.00. The second kappa shape index (κ2) is 8.15. The van der Waals surface area contributed by atoms with Crippen LogP contribution in [0.25, 0.3) is 10.2 Å². The molecule has 0 atom stereocenters. The zero-order chi connectivity index (χ0) is 19.7. The normalized spacial score (nSPS) is 11.4. The first-order valence-electron chi connectivity index (χ1n) is 8.55. The summed E-state index contributed by atoms with van der Waals surface area (Å²) < 4.78 is 1.06. The van der Waals surface area contributed by atoms with Crippen molar-refractivity contribution in [3.63, 3.8) is 0 Å². The van der Waals surface area contributed by atoms with Gasteiger partial charge in [-0.05, 0) is 69.4 Å². The van der Waals surface area contributed by atoms with Crippen LogP contribution in [0.2, 0.25) is 10.0 Å². The van der Waals surface area contributed by atoms with Crippen LogP contribution in [-0.4, -0.2) is 43.0 Å². The zero-order valence-corrected chi connectivity index (χ0v) is 18.0. The van der Waals surface area contributed by atoms with Gasteiger partial charge >= 0.3 is 0 Å². The summed E-state index contributed by atoms with van der Waals surface area (Å²) in [6.45, 7) is 5.35. The van der Waals surface area contributed by atoms with E-state index in [0.717, 1.165) is 10.2 Å². The van der Waals surface area contributed by atoms with E-state index in [1.54, 1.807) is 23.1 Å². The SMILES string of the molecule is Cc1cc2nc(N(CCN(C)C)C(=O)c3cc(Cl)ccc3Cl)sc2cc1C. The topological polar surface area (TPSA) is 36.4 Å². The number of thiazole rings is 1. The minimum atomic E-state index is -0.197. The van der Waals surface area contributed by atoms with Crippen molar-refractivity contribution in [2.75, 3.05) is 32.1 Å². The van der Waals surface area contributed by atoms with Crippen molar-refractivity contribution in [2.45, 2.75) is 13.8 Å². The molecule has 7 heteroatoms. The number of carbonyl (C=O) groups excluding carboxylic acids is 1. The Morgan fingerprint density at radius 3 is 2.48 bits per heavy atom. The Bertz CT molecular complexity index is 961. The van der Waals surface area contributed by atoms with E-state index in [1.165, 1.54) is 22.5 Å². The average Bonchev–Trinajstić information content (AvgIpc) is 2.99. The minimum absolute atomic E-state index is 0.197. The van der Waals surface area contributed by atoms with Crippen LogP contribution >= 0.6 is 34.5 Å². The summed E-state index contributed by atoms with van der Waals surface area (Å²) in [7, 11) is 3.94. The van der Waals surface area contributed by atoms with E-state index in [9.17, 15) is 4.79 Å². The first-order valence-corrected chi connectivity index (χ1v) is 10.1. The molecule has 3 aromatic rings. The van der Waals surface area contributed by atoms with Gasteiger partial charge in [0, 0.05) is 18.1 Å². The van der Waals surface area contributed by atoms with Crippen molar-refractivity contribution in [1.29, 1.82) is 0 Å². The summed E-state index contributed by atoms with van der Waals surface area (Å²) in [5.41, 5.74) is 3.68.